The molecule has 0 aliphatic carbocycles. The molecule has 1 unspecified atom stereocenters. The number of ketones is 1. The summed E-state index contributed by atoms with van der Waals surface area (Å²) in [6.45, 7) is 3.44. The Labute approximate surface area is 80.5 Å². The molecule has 0 heterocycles. The molecule has 0 N–H and O–H groups in total. The second-order valence-corrected chi connectivity index (χ2v) is 3.44. The Morgan fingerprint density at radius 3 is 2.21 bits per heavy atom. The van der Waals surface area contributed by atoms with Crippen molar-refractivity contribution in [3.8, 4) is 0 Å². The van der Waals surface area contributed by atoms with Gasteiger partial charge in [0, 0.05) is 6.42 Å². The Morgan fingerprint density at radius 1 is 1.36 bits per heavy atom. The molecule has 14 heavy (non-hydrogen) atoms. The van der Waals surface area contributed by atoms with E-state index in [9.17, 15) is 22.4 Å². The summed E-state index contributed by atoms with van der Waals surface area (Å²) in [5.74, 6) is -6.41. The molecule has 0 fully saturated rings. The van der Waals surface area contributed by atoms with Crippen molar-refractivity contribution in [3.63, 3.8) is 0 Å². The molecule has 0 aliphatic rings. The summed E-state index contributed by atoms with van der Waals surface area (Å²) < 4.78 is 48.3. The van der Waals surface area contributed by atoms with Crippen molar-refractivity contribution in [2.45, 2.75) is 45.5 Å². The van der Waals surface area contributed by atoms with E-state index < -0.39 is 24.6 Å². The van der Waals surface area contributed by atoms with Crippen LogP contribution in [0, 0.1) is 5.92 Å². The van der Waals surface area contributed by atoms with Crippen molar-refractivity contribution < 1.29 is 22.4 Å². The first-order chi connectivity index (χ1) is 6.32. The molecule has 1 nitrogen and oxygen atoms in total. The molecule has 0 radical (unpaired) electrons. The zero-order valence-corrected chi connectivity index (χ0v) is 8.20. The predicted molar refractivity (Wildman–Crippen MR) is 44.6 cm³/mol. The van der Waals surface area contributed by atoms with Gasteiger partial charge in [-0.2, -0.15) is 8.78 Å². The minimum atomic E-state index is -4.48. The lowest BCUT2D eigenvalue weighted by atomic mass is 9.97. The standard InChI is InChI=1S/C9H14F4O/c1-3-4-6(2)5-7(14)9(12,13)8(10)11/h6,8H,3-5H2,1-2H3. The van der Waals surface area contributed by atoms with E-state index in [1.807, 2.05) is 6.92 Å². The van der Waals surface area contributed by atoms with Crippen molar-refractivity contribution >= 4 is 5.78 Å². The molecule has 0 amide bonds. The first-order valence-corrected chi connectivity index (χ1v) is 4.51. The number of Topliss-reactive ketones (excluding diaryl/α,β-unsaturated/α-hetero) is 1. The topological polar surface area (TPSA) is 17.1 Å². The second-order valence-electron chi connectivity index (χ2n) is 3.44. The van der Waals surface area contributed by atoms with Gasteiger partial charge in [-0.3, -0.25) is 4.79 Å². The molecule has 5 heteroatoms. The number of carbonyl (C=O) groups is 1. The van der Waals surface area contributed by atoms with E-state index >= 15 is 0 Å². The van der Waals surface area contributed by atoms with Gasteiger partial charge in [-0.25, -0.2) is 8.78 Å². The van der Waals surface area contributed by atoms with Gasteiger partial charge in [0.2, 0.25) is 5.78 Å². The lowest BCUT2D eigenvalue weighted by molar-refractivity contribution is -0.167. The quantitative estimate of drug-likeness (QED) is 0.620. The summed E-state index contributed by atoms with van der Waals surface area (Å²) in [5.41, 5.74) is 0. The molecule has 0 aliphatic heterocycles. The fraction of sp³-hybridized carbons (Fsp3) is 0.889. The van der Waals surface area contributed by atoms with Gasteiger partial charge in [-0.1, -0.05) is 26.7 Å². The Kier molecular flexibility index (Phi) is 5.08. The zero-order valence-electron chi connectivity index (χ0n) is 8.20. The number of rotatable bonds is 6. The van der Waals surface area contributed by atoms with Crippen LogP contribution < -0.4 is 0 Å². The van der Waals surface area contributed by atoms with Gasteiger partial charge in [0.25, 0.3) is 0 Å². The highest BCUT2D eigenvalue weighted by molar-refractivity contribution is 5.86. The summed E-state index contributed by atoms with van der Waals surface area (Å²) in [7, 11) is 0. The number of halogens is 4. The smallest absolute Gasteiger partial charge is 0.293 e. The Balaban J connectivity index is 4.20. The van der Waals surface area contributed by atoms with Crippen LogP contribution >= 0.6 is 0 Å². The highest BCUT2D eigenvalue weighted by atomic mass is 19.3. The molecule has 0 rings (SSSR count). The van der Waals surface area contributed by atoms with Crippen molar-refractivity contribution in [1.29, 1.82) is 0 Å². The Morgan fingerprint density at radius 2 is 1.86 bits per heavy atom. The maximum atomic E-state index is 12.4. The molecule has 1 atom stereocenters. The van der Waals surface area contributed by atoms with Gasteiger partial charge in [-0.15, -0.1) is 0 Å². The fourth-order valence-electron chi connectivity index (χ4n) is 1.17. The summed E-state index contributed by atoms with van der Waals surface area (Å²) in [5, 5.41) is 0. The van der Waals surface area contributed by atoms with Crippen LogP contribution in [0.4, 0.5) is 17.6 Å². The number of hydrogen-bond acceptors (Lipinski definition) is 1. The maximum absolute atomic E-state index is 12.4. The molecule has 0 saturated heterocycles. The van der Waals surface area contributed by atoms with Crippen molar-refractivity contribution in [1.82, 2.24) is 0 Å². The predicted octanol–water partition coefficient (Wildman–Crippen LogP) is 3.28. The van der Waals surface area contributed by atoms with E-state index in [-0.39, 0.29) is 5.92 Å². The number of carbonyl (C=O) groups excluding carboxylic acids is 1. The number of alkyl halides is 4. The SMILES string of the molecule is CCCC(C)CC(=O)C(F)(F)C(F)F. The Bertz CT molecular complexity index is 191. The van der Waals surface area contributed by atoms with Gasteiger partial charge in [0.15, 0.2) is 0 Å². The average Bonchev–Trinajstić information content (AvgIpc) is 2.03. The van der Waals surface area contributed by atoms with Gasteiger partial charge in [0.1, 0.15) is 0 Å². The van der Waals surface area contributed by atoms with Gasteiger partial charge in [-0.05, 0) is 5.92 Å². The lowest BCUT2D eigenvalue weighted by Crippen LogP contribution is -2.37. The summed E-state index contributed by atoms with van der Waals surface area (Å²) in [6.07, 6.45) is -3.05. The molecule has 0 bridgehead atoms. The van der Waals surface area contributed by atoms with Crippen LogP contribution in [-0.2, 0) is 4.79 Å². The fourth-order valence-corrected chi connectivity index (χ4v) is 1.17. The first kappa shape index (κ1) is 13.4. The maximum Gasteiger partial charge on any atom is 0.364 e. The van der Waals surface area contributed by atoms with Crippen LogP contribution in [0.2, 0.25) is 0 Å². The first-order valence-electron chi connectivity index (χ1n) is 4.51. The lowest BCUT2D eigenvalue weighted by Gasteiger charge is -2.16. The molecular formula is C9H14F4O. The summed E-state index contributed by atoms with van der Waals surface area (Å²) >= 11 is 0. The van der Waals surface area contributed by atoms with Crippen LogP contribution in [0.3, 0.4) is 0 Å². The minimum absolute atomic E-state index is 0.267. The summed E-state index contributed by atoms with van der Waals surface area (Å²) in [4.78, 5) is 10.8. The third-order valence-corrected chi connectivity index (χ3v) is 1.96. The summed E-state index contributed by atoms with van der Waals surface area (Å²) in [6, 6.07) is 0. The van der Waals surface area contributed by atoms with E-state index in [0.717, 1.165) is 6.42 Å². The number of hydrogen-bond donors (Lipinski definition) is 0. The molecule has 0 aromatic rings. The van der Waals surface area contributed by atoms with Crippen LogP contribution in [0.15, 0.2) is 0 Å². The largest absolute Gasteiger partial charge is 0.364 e. The van der Waals surface area contributed by atoms with Gasteiger partial charge >= 0.3 is 12.3 Å². The van der Waals surface area contributed by atoms with Crippen LogP contribution in [0.5, 0.6) is 0 Å². The normalized spacial score (nSPS) is 14.5. The molecule has 0 aromatic carbocycles. The highest BCUT2D eigenvalue weighted by Gasteiger charge is 2.48. The molecular weight excluding hydrogens is 200 g/mol. The Hall–Kier alpha value is -0.610. The van der Waals surface area contributed by atoms with E-state index in [0.29, 0.717) is 6.42 Å². The molecule has 84 valence electrons. The third-order valence-electron chi connectivity index (χ3n) is 1.96. The van der Waals surface area contributed by atoms with Crippen molar-refractivity contribution in [3.05, 3.63) is 0 Å². The average molecular weight is 214 g/mol. The van der Waals surface area contributed by atoms with E-state index in [1.165, 1.54) is 0 Å². The van der Waals surface area contributed by atoms with Gasteiger partial charge in [0.05, 0.1) is 0 Å². The molecule has 0 spiro atoms. The van der Waals surface area contributed by atoms with Crippen LogP contribution in [0.25, 0.3) is 0 Å². The van der Waals surface area contributed by atoms with E-state index in [2.05, 4.69) is 0 Å². The van der Waals surface area contributed by atoms with E-state index in [1.54, 1.807) is 6.92 Å². The minimum Gasteiger partial charge on any atom is -0.293 e. The van der Waals surface area contributed by atoms with Crippen LogP contribution in [0.1, 0.15) is 33.1 Å². The zero-order chi connectivity index (χ0) is 11.4. The second kappa shape index (κ2) is 5.32. The van der Waals surface area contributed by atoms with Gasteiger partial charge < -0.3 is 0 Å². The molecule has 0 saturated carbocycles. The van der Waals surface area contributed by atoms with Crippen LogP contribution in [-0.4, -0.2) is 18.1 Å². The van der Waals surface area contributed by atoms with E-state index in [4.69, 9.17) is 0 Å². The monoisotopic (exact) mass is 214 g/mol. The molecule has 0 aromatic heterocycles. The highest BCUT2D eigenvalue weighted by Crippen LogP contribution is 2.27. The van der Waals surface area contributed by atoms with Crippen molar-refractivity contribution in [2.24, 2.45) is 5.92 Å². The third kappa shape index (κ3) is 3.64. The van der Waals surface area contributed by atoms with Crippen molar-refractivity contribution in [2.75, 3.05) is 0 Å².